The van der Waals surface area contributed by atoms with E-state index in [2.05, 4.69) is 4.74 Å². The molecule has 1 atom stereocenters. The van der Waals surface area contributed by atoms with Gasteiger partial charge in [0.1, 0.15) is 0 Å². The van der Waals surface area contributed by atoms with Gasteiger partial charge in [-0.2, -0.15) is 12.7 Å². The van der Waals surface area contributed by atoms with Crippen molar-refractivity contribution in [2.24, 2.45) is 5.73 Å². The second kappa shape index (κ2) is 5.89. The number of hydrogen-bond acceptors (Lipinski definition) is 5. The minimum Gasteiger partial charge on any atom is -0.452 e. The molecule has 0 spiro atoms. The zero-order chi connectivity index (χ0) is 12.1. The first-order valence-corrected chi connectivity index (χ1v) is 5.81. The van der Waals surface area contributed by atoms with Gasteiger partial charge in [-0.05, 0) is 13.3 Å². The van der Waals surface area contributed by atoms with Crippen LogP contribution in [0.2, 0.25) is 0 Å². The zero-order valence-corrected chi connectivity index (χ0v) is 9.87. The summed E-state index contributed by atoms with van der Waals surface area (Å²) in [5.41, 5.74) is 5.48. The van der Waals surface area contributed by atoms with Crippen molar-refractivity contribution in [2.75, 3.05) is 20.7 Å². The van der Waals surface area contributed by atoms with Crippen LogP contribution in [0.25, 0.3) is 0 Å². The third-order valence-corrected chi connectivity index (χ3v) is 3.14. The first-order chi connectivity index (χ1) is 6.79. The molecule has 1 amide bonds. The molecule has 0 radical (unpaired) electrons. The number of nitrogens with two attached hydrogens (primary N) is 1. The van der Waals surface area contributed by atoms with Gasteiger partial charge in [0.25, 0.3) is 0 Å². The molecule has 0 fully saturated rings. The van der Waals surface area contributed by atoms with Crippen LogP contribution in [0.1, 0.15) is 13.3 Å². The maximum absolute atomic E-state index is 11.4. The fraction of sp³-hybridized carbons (Fsp3) is 0.857. The Bertz CT molecular complexity index is 301. The summed E-state index contributed by atoms with van der Waals surface area (Å²) < 4.78 is 29.7. The van der Waals surface area contributed by atoms with Gasteiger partial charge in [0.2, 0.25) is 0 Å². The van der Waals surface area contributed by atoms with Gasteiger partial charge < -0.3 is 10.5 Å². The monoisotopic (exact) mass is 239 g/mol. The maximum Gasteiger partial charge on any atom is 0.421 e. The number of nitrogens with zero attached hydrogens (tertiary/aromatic N) is 1. The minimum absolute atomic E-state index is 0.0965. The third-order valence-electron chi connectivity index (χ3n) is 1.71. The van der Waals surface area contributed by atoms with E-state index in [1.807, 2.05) is 0 Å². The first-order valence-electron chi connectivity index (χ1n) is 4.37. The lowest BCUT2D eigenvalue weighted by Crippen LogP contribution is -2.42. The van der Waals surface area contributed by atoms with Crippen LogP contribution in [0, 0.1) is 0 Å². The van der Waals surface area contributed by atoms with E-state index >= 15 is 0 Å². The van der Waals surface area contributed by atoms with Gasteiger partial charge in [-0.3, -0.25) is 0 Å². The third kappa shape index (κ3) is 5.55. The summed E-state index contributed by atoms with van der Waals surface area (Å²) in [5.74, 6) is 0. The van der Waals surface area contributed by atoms with E-state index in [1.165, 1.54) is 7.05 Å². The van der Waals surface area contributed by atoms with E-state index < -0.39 is 16.3 Å². The van der Waals surface area contributed by atoms with Crippen LogP contribution in [0.4, 0.5) is 4.79 Å². The molecule has 0 heterocycles. The van der Waals surface area contributed by atoms with Gasteiger partial charge in [0.15, 0.2) is 0 Å². The molecule has 8 heteroatoms. The first kappa shape index (κ1) is 14.1. The van der Waals surface area contributed by atoms with Crippen LogP contribution in [-0.4, -0.2) is 45.6 Å². The van der Waals surface area contributed by atoms with Crippen molar-refractivity contribution in [2.45, 2.75) is 19.4 Å². The number of carbonyl (C=O) groups excluding carboxylic acids is 1. The average Bonchev–Trinajstić information content (AvgIpc) is 2.13. The Kier molecular flexibility index (Phi) is 5.55. The van der Waals surface area contributed by atoms with Gasteiger partial charge in [0.05, 0.1) is 7.11 Å². The number of carbonyl (C=O) groups is 1. The highest BCUT2D eigenvalue weighted by molar-refractivity contribution is 7.87. The van der Waals surface area contributed by atoms with E-state index in [4.69, 9.17) is 5.73 Å². The van der Waals surface area contributed by atoms with E-state index in [0.717, 1.165) is 11.4 Å². The highest BCUT2D eigenvalue weighted by Crippen LogP contribution is 1.97. The number of rotatable bonds is 5. The highest BCUT2D eigenvalue weighted by atomic mass is 32.2. The lowest BCUT2D eigenvalue weighted by molar-refractivity contribution is 0.177. The summed E-state index contributed by atoms with van der Waals surface area (Å²) >= 11 is 0. The maximum atomic E-state index is 11.4. The summed E-state index contributed by atoms with van der Waals surface area (Å²) in [6.07, 6.45) is -0.499. The van der Waals surface area contributed by atoms with Crippen molar-refractivity contribution >= 4 is 16.3 Å². The number of methoxy groups -OCH3 is 1. The molecule has 0 saturated carbocycles. The molecule has 0 saturated heterocycles. The quantitative estimate of drug-likeness (QED) is 0.657. The van der Waals surface area contributed by atoms with Crippen molar-refractivity contribution in [3.63, 3.8) is 0 Å². The predicted octanol–water partition coefficient (Wildman–Crippen LogP) is -0.744. The standard InChI is InChI=1S/C7H17N3O4S/c1-6(8)4-5-10(2)15(12,13)9-7(11)14-3/h6H,4-5,8H2,1-3H3,(H,9,11). The molecule has 7 nitrogen and oxygen atoms in total. The van der Waals surface area contributed by atoms with E-state index in [1.54, 1.807) is 11.6 Å². The van der Waals surface area contributed by atoms with E-state index in [0.29, 0.717) is 6.42 Å². The van der Waals surface area contributed by atoms with Crippen molar-refractivity contribution in [3.8, 4) is 0 Å². The Labute approximate surface area is 89.7 Å². The van der Waals surface area contributed by atoms with Gasteiger partial charge >= 0.3 is 16.3 Å². The number of amides is 1. The Balaban J connectivity index is 4.27. The lowest BCUT2D eigenvalue weighted by Gasteiger charge is -2.17. The zero-order valence-electron chi connectivity index (χ0n) is 9.06. The van der Waals surface area contributed by atoms with Crippen LogP contribution in [0.3, 0.4) is 0 Å². The Morgan fingerprint density at radius 2 is 2.13 bits per heavy atom. The number of nitrogens with one attached hydrogen (secondary N) is 1. The molecule has 0 aliphatic heterocycles. The lowest BCUT2D eigenvalue weighted by atomic mass is 10.2. The molecule has 0 aromatic rings. The molecule has 0 rings (SSSR count). The molecular weight excluding hydrogens is 222 g/mol. The Morgan fingerprint density at radius 3 is 2.53 bits per heavy atom. The molecule has 0 aromatic heterocycles. The molecule has 1 unspecified atom stereocenters. The Morgan fingerprint density at radius 1 is 1.60 bits per heavy atom. The van der Waals surface area contributed by atoms with Crippen LogP contribution < -0.4 is 10.5 Å². The second-order valence-electron chi connectivity index (χ2n) is 3.19. The van der Waals surface area contributed by atoms with Crippen LogP contribution >= 0.6 is 0 Å². The molecule has 0 aliphatic carbocycles. The number of ether oxygens (including phenoxy) is 1. The van der Waals surface area contributed by atoms with Crippen LogP contribution in [-0.2, 0) is 14.9 Å². The Hall–Kier alpha value is -0.860. The van der Waals surface area contributed by atoms with Crippen molar-refractivity contribution in [3.05, 3.63) is 0 Å². The van der Waals surface area contributed by atoms with Gasteiger partial charge in [-0.15, -0.1) is 0 Å². The van der Waals surface area contributed by atoms with E-state index in [-0.39, 0.29) is 12.6 Å². The van der Waals surface area contributed by atoms with Gasteiger partial charge in [0, 0.05) is 19.6 Å². The molecule has 3 N–H and O–H groups in total. The summed E-state index contributed by atoms with van der Waals surface area (Å²) in [6, 6.07) is -0.0965. The molecule has 90 valence electrons. The van der Waals surface area contributed by atoms with Crippen molar-refractivity contribution in [1.29, 1.82) is 0 Å². The highest BCUT2D eigenvalue weighted by Gasteiger charge is 2.20. The van der Waals surface area contributed by atoms with Crippen LogP contribution in [0.15, 0.2) is 0 Å². The smallest absolute Gasteiger partial charge is 0.421 e. The minimum atomic E-state index is -3.81. The fourth-order valence-corrected chi connectivity index (χ4v) is 1.53. The molecule has 0 aliphatic rings. The largest absolute Gasteiger partial charge is 0.452 e. The topological polar surface area (TPSA) is 102 Å². The van der Waals surface area contributed by atoms with Crippen molar-refractivity contribution < 1.29 is 17.9 Å². The summed E-state index contributed by atoms with van der Waals surface area (Å²) in [4.78, 5) is 10.7. The predicted molar refractivity (Wildman–Crippen MR) is 55.4 cm³/mol. The molecular formula is C7H17N3O4S. The van der Waals surface area contributed by atoms with Crippen molar-refractivity contribution in [1.82, 2.24) is 9.03 Å². The molecule has 15 heavy (non-hydrogen) atoms. The molecule has 0 bridgehead atoms. The molecule has 0 aromatic carbocycles. The average molecular weight is 239 g/mol. The van der Waals surface area contributed by atoms with E-state index in [9.17, 15) is 13.2 Å². The summed E-state index contributed by atoms with van der Waals surface area (Å²) in [6.45, 7) is 2.01. The normalized spacial score (nSPS) is 13.7. The fourth-order valence-electron chi connectivity index (χ4n) is 0.731. The summed E-state index contributed by atoms with van der Waals surface area (Å²) in [7, 11) is -1.37. The van der Waals surface area contributed by atoms with Crippen LogP contribution in [0.5, 0.6) is 0 Å². The van der Waals surface area contributed by atoms with Gasteiger partial charge in [-0.1, -0.05) is 0 Å². The summed E-state index contributed by atoms with van der Waals surface area (Å²) in [5, 5.41) is 0. The number of hydrogen-bond donors (Lipinski definition) is 2. The second-order valence-corrected chi connectivity index (χ2v) is 4.96. The SMILES string of the molecule is COC(=O)NS(=O)(=O)N(C)CCC(C)N. The van der Waals surface area contributed by atoms with Gasteiger partial charge in [-0.25, -0.2) is 9.52 Å².